The predicted molar refractivity (Wildman–Crippen MR) is 60.9 cm³/mol. The molecule has 0 saturated heterocycles. The zero-order valence-corrected chi connectivity index (χ0v) is 9.17. The highest BCUT2D eigenvalue weighted by atomic mass is 19.1. The third-order valence-electron chi connectivity index (χ3n) is 2.63. The third kappa shape index (κ3) is 2.87. The molecule has 1 aromatic rings. The average Bonchev–Trinajstić information content (AvgIpc) is 2.30. The molecular weight excluding hydrogens is 226 g/mol. The molecule has 0 aliphatic heterocycles. The summed E-state index contributed by atoms with van der Waals surface area (Å²) < 4.78 is 25.9. The van der Waals surface area contributed by atoms with Crippen molar-refractivity contribution in [1.82, 2.24) is 0 Å². The van der Waals surface area contributed by atoms with E-state index in [1.54, 1.807) is 0 Å². The Morgan fingerprint density at radius 3 is 2.65 bits per heavy atom. The van der Waals surface area contributed by atoms with Gasteiger partial charge in [0.05, 0.1) is 5.69 Å². The van der Waals surface area contributed by atoms with Crippen molar-refractivity contribution in [3.05, 3.63) is 29.8 Å². The fourth-order valence-corrected chi connectivity index (χ4v) is 1.69. The molecule has 0 spiro atoms. The molecule has 0 bridgehead atoms. The number of Topliss-reactive ketones (excluding diaryl/α,β-unsaturated/α-hetero) is 1. The van der Waals surface area contributed by atoms with Crippen LogP contribution in [0.15, 0.2) is 23.3 Å². The maximum Gasteiger partial charge on any atom is 0.178 e. The smallest absolute Gasteiger partial charge is 0.178 e. The Balaban J connectivity index is 2.10. The van der Waals surface area contributed by atoms with Gasteiger partial charge in [-0.05, 0) is 31.4 Å². The second-order valence-corrected chi connectivity index (χ2v) is 3.92. The van der Waals surface area contributed by atoms with Gasteiger partial charge < -0.3 is 0 Å². The number of benzene rings is 1. The summed E-state index contributed by atoms with van der Waals surface area (Å²) >= 11 is 0. The average molecular weight is 238 g/mol. The van der Waals surface area contributed by atoms with Gasteiger partial charge in [0.1, 0.15) is 11.5 Å². The molecule has 90 valence electrons. The summed E-state index contributed by atoms with van der Waals surface area (Å²) in [6.07, 6.45) is 2.89. The highest BCUT2D eigenvalue weighted by Gasteiger charge is 2.16. The van der Waals surface area contributed by atoms with E-state index in [0.29, 0.717) is 18.6 Å². The molecule has 0 amide bonds. The summed E-state index contributed by atoms with van der Waals surface area (Å²) in [5.74, 6) is -1.38. The first-order chi connectivity index (χ1) is 8.16. The van der Waals surface area contributed by atoms with Gasteiger partial charge in [0.25, 0.3) is 0 Å². The minimum atomic E-state index is -0.724. The van der Waals surface area contributed by atoms with Gasteiger partial charge in [0.2, 0.25) is 0 Å². The Hall–Kier alpha value is -1.78. The maximum absolute atomic E-state index is 13.2. The molecule has 1 fully saturated rings. The van der Waals surface area contributed by atoms with Crippen molar-refractivity contribution >= 4 is 17.2 Å². The minimum absolute atomic E-state index is 0.00808. The number of carbonyl (C=O) groups excluding carboxylic acids is 1. The summed E-state index contributed by atoms with van der Waals surface area (Å²) in [5.41, 5.74) is 2.96. The molecule has 0 heterocycles. The van der Waals surface area contributed by atoms with Crippen molar-refractivity contribution in [3.8, 4) is 0 Å². The summed E-state index contributed by atoms with van der Waals surface area (Å²) in [7, 11) is 0. The van der Waals surface area contributed by atoms with Gasteiger partial charge in [-0.15, -0.1) is 0 Å². The number of ketones is 1. The monoisotopic (exact) mass is 238 g/mol. The van der Waals surface area contributed by atoms with E-state index in [0.717, 1.165) is 25.0 Å². The van der Waals surface area contributed by atoms with Crippen molar-refractivity contribution in [1.29, 1.82) is 0 Å². The van der Waals surface area contributed by atoms with E-state index in [9.17, 15) is 13.6 Å². The maximum atomic E-state index is 13.2. The fraction of sp³-hybridized carbons (Fsp3) is 0.333. The normalized spacial score (nSPS) is 18.5. The Labute approximate surface area is 97.5 Å². The van der Waals surface area contributed by atoms with Crippen LogP contribution < -0.4 is 5.43 Å². The van der Waals surface area contributed by atoms with Crippen molar-refractivity contribution in [2.75, 3.05) is 5.43 Å². The second kappa shape index (κ2) is 5.03. The summed E-state index contributed by atoms with van der Waals surface area (Å²) in [4.78, 5) is 11.4. The van der Waals surface area contributed by atoms with E-state index in [4.69, 9.17) is 0 Å². The molecule has 1 aliphatic rings. The number of anilines is 1. The lowest BCUT2D eigenvalue weighted by Gasteiger charge is -2.11. The number of carbonyl (C=O) groups is 1. The van der Waals surface area contributed by atoms with Crippen LogP contribution in [0.5, 0.6) is 0 Å². The van der Waals surface area contributed by atoms with Crippen LogP contribution >= 0.6 is 0 Å². The lowest BCUT2D eigenvalue weighted by molar-refractivity contribution is -0.113. The van der Waals surface area contributed by atoms with Gasteiger partial charge >= 0.3 is 0 Å². The number of halogens is 2. The van der Waals surface area contributed by atoms with Gasteiger partial charge in [-0.25, -0.2) is 8.78 Å². The molecule has 1 N–H and O–H groups in total. The number of hydrogen-bond acceptors (Lipinski definition) is 3. The first kappa shape index (κ1) is 11.7. The first-order valence-electron chi connectivity index (χ1n) is 5.47. The minimum Gasteiger partial charge on any atom is -0.293 e. The van der Waals surface area contributed by atoms with E-state index in [2.05, 4.69) is 10.5 Å². The van der Waals surface area contributed by atoms with Crippen molar-refractivity contribution < 1.29 is 13.6 Å². The first-order valence-corrected chi connectivity index (χ1v) is 5.47. The molecule has 0 atom stereocenters. The van der Waals surface area contributed by atoms with Gasteiger partial charge in [0, 0.05) is 12.5 Å². The summed E-state index contributed by atoms with van der Waals surface area (Å²) in [5, 5.41) is 3.88. The molecular formula is C12H12F2N2O. The van der Waals surface area contributed by atoms with Gasteiger partial charge in [-0.3, -0.25) is 10.2 Å². The Kier molecular flexibility index (Phi) is 3.46. The molecule has 0 unspecified atom stereocenters. The van der Waals surface area contributed by atoms with Crippen molar-refractivity contribution in [2.24, 2.45) is 5.10 Å². The lowest BCUT2D eigenvalue weighted by Crippen LogP contribution is -2.19. The Morgan fingerprint density at radius 1 is 1.18 bits per heavy atom. The fourth-order valence-electron chi connectivity index (χ4n) is 1.69. The summed E-state index contributed by atoms with van der Waals surface area (Å²) in [6.45, 7) is 0. The number of hydrazone groups is 1. The number of rotatable bonds is 2. The third-order valence-corrected chi connectivity index (χ3v) is 2.63. The lowest BCUT2D eigenvalue weighted by atomic mass is 9.97. The number of nitrogens with zero attached hydrogens (tertiary/aromatic N) is 1. The van der Waals surface area contributed by atoms with E-state index in [1.165, 1.54) is 6.07 Å². The molecule has 3 nitrogen and oxygen atoms in total. The molecule has 1 aromatic carbocycles. The quantitative estimate of drug-likeness (QED) is 0.805. The van der Waals surface area contributed by atoms with Crippen LogP contribution in [0.4, 0.5) is 14.5 Å². The van der Waals surface area contributed by atoms with Crippen LogP contribution in [0.1, 0.15) is 25.7 Å². The number of hydrogen-bond donors (Lipinski definition) is 1. The standard InChI is InChI=1S/C12H12F2N2O/c13-8-5-6-10(9(14)7-8)15-16-11-3-1-2-4-12(11)17/h5-7,15H,1-4H2/b16-11+. The molecule has 0 radical (unpaired) electrons. The Morgan fingerprint density at radius 2 is 1.94 bits per heavy atom. The summed E-state index contributed by atoms with van der Waals surface area (Å²) in [6, 6.07) is 3.15. The van der Waals surface area contributed by atoms with E-state index in [-0.39, 0.29) is 11.5 Å². The van der Waals surface area contributed by atoms with Gasteiger partial charge in [0.15, 0.2) is 11.6 Å². The van der Waals surface area contributed by atoms with Crippen molar-refractivity contribution in [3.63, 3.8) is 0 Å². The molecule has 2 rings (SSSR count). The molecule has 1 saturated carbocycles. The zero-order chi connectivity index (χ0) is 12.3. The van der Waals surface area contributed by atoms with Crippen LogP contribution in [0.25, 0.3) is 0 Å². The molecule has 0 aromatic heterocycles. The highest BCUT2D eigenvalue weighted by molar-refractivity contribution is 6.40. The van der Waals surface area contributed by atoms with Crippen LogP contribution in [-0.2, 0) is 4.79 Å². The largest absolute Gasteiger partial charge is 0.293 e. The van der Waals surface area contributed by atoms with E-state index < -0.39 is 11.6 Å². The second-order valence-electron chi connectivity index (χ2n) is 3.92. The van der Waals surface area contributed by atoms with Crippen LogP contribution in [0.3, 0.4) is 0 Å². The highest BCUT2D eigenvalue weighted by Crippen LogP contribution is 2.16. The van der Waals surface area contributed by atoms with Crippen LogP contribution in [0, 0.1) is 11.6 Å². The molecule has 1 aliphatic carbocycles. The Bertz CT molecular complexity index is 472. The van der Waals surface area contributed by atoms with Crippen LogP contribution in [-0.4, -0.2) is 11.5 Å². The van der Waals surface area contributed by atoms with E-state index in [1.807, 2.05) is 0 Å². The SMILES string of the molecule is O=C1CCCC/C1=N\Nc1ccc(F)cc1F. The number of nitrogens with one attached hydrogen (secondary N) is 1. The predicted octanol–water partition coefficient (Wildman–Crippen LogP) is 2.88. The zero-order valence-electron chi connectivity index (χ0n) is 9.17. The van der Waals surface area contributed by atoms with Gasteiger partial charge in [-0.1, -0.05) is 0 Å². The molecule has 5 heteroatoms. The molecule has 17 heavy (non-hydrogen) atoms. The van der Waals surface area contributed by atoms with E-state index >= 15 is 0 Å². The van der Waals surface area contributed by atoms with Crippen molar-refractivity contribution in [2.45, 2.75) is 25.7 Å². The topological polar surface area (TPSA) is 41.5 Å². The van der Waals surface area contributed by atoms with Crippen LogP contribution in [0.2, 0.25) is 0 Å². The van der Waals surface area contributed by atoms with Gasteiger partial charge in [-0.2, -0.15) is 5.10 Å².